The average molecular weight is 409 g/mol. The summed E-state index contributed by atoms with van der Waals surface area (Å²) in [5.41, 5.74) is 4.37. The van der Waals surface area contributed by atoms with Gasteiger partial charge in [-0.1, -0.05) is 36.4 Å². The first kappa shape index (κ1) is 19.1. The van der Waals surface area contributed by atoms with Gasteiger partial charge in [0.15, 0.2) is 23.0 Å². The molecule has 154 valence electrons. The maximum Gasteiger partial charge on any atom is 0.172 e. The maximum atomic E-state index is 6.22. The summed E-state index contributed by atoms with van der Waals surface area (Å²) in [4.78, 5) is 4.37. The molecule has 0 bridgehead atoms. The van der Waals surface area contributed by atoms with Crippen LogP contribution >= 0.6 is 0 Å². The van der Waals surface area contributed by atoms with Crippen molar-refractivity contribution in [1.82, 2.24) is 0 Å². The van der Waals surface area contributed by atoms with E-state index in [-0.39, 0.29) is 0 Å². The molecule has 4 aromatic rings. The van der Waals surface area contributed by atoms with Crippen molar-refractivity contribution in [2.75, 3.05) is 23.4 Å². The largest absolute Gasteiger partial charge is 0.449 e. The maximum absolute atomic E-state index is 6.22. The standard InChI is InChI=1S/C27H24N2O2/c1-3-29(21-12-8-5-9-13-21)23-15-17-25-27(19-23)31-24-16-14-22(18-26(24)30-25)28(2)20-10-6-4-7-11-20/h4-19H,3H2,1-2H3. The van der Waals surface area contributed by atoms with Crippen LogP contribution < -0.4 is 19.3 Å². The molecule has 0 fully saturated rings. The van der Waals surface area contributed by atoms with Gasteiger partial charge in [-0.3, -0.25) is 0 Å². The van der Waals surface area contributed by atoms with E-state index in [0.29, 0.717) is 0 Å². The van der Waals surface area contributed by atoms with Crippen LogP contribution in [0, 0.1) is 0 Å². The third kappa shape index (κ3) is 3.68. The van der Waals surface area contributed by atoms with Crippen LogP contribution in [-0.4, -0.2) is 13.6 Å². The van der Waals surface area contributed by atoms with E-state index >= 15 is 0 Å². The van der Waals surface area contributed by atoms with Crippen LogP contribution in [0.2, 0.25) is 0 Å². The van der Waals surface area contributed by atoms with E-state index in [1.54, 1.807) is 0 Å². The van der Waals surface area contributed by atoms with Crippen molar-refractivity contribution in [2.24, 2.45) is 0 Å². The van der Waals surface area contributed by atoms with Gasteiger partial charge in [0.05, 0.1) is 0 Å². The van der Waals surface area contributed by atoms with E-state index in [1.807, 2.05) is 61.6 Å². The second-order valence-electron chi connectivity index (χ2n) is 7.44. The Balaban J connectivity index is 1.42. The molecule has 0 aromatic heterocycles. The molecule has 0 aliphatic carbocycles. The fourth-order valence-corrected chi connectivity index (χ4v) is 3.86. The zero-order chi connectivity index (χ0) is 21.2. The first-order valence-electron chi connectivity index (χ1n) is 10.5. The van der Waals surface area contributed by atoms with Crippen molar-refractivity contribution >= 4 is 22.7 Å². The van der Waals surface area contributed by atoms with Crippen molar-refractivity contribution in [1.29, 1.82) is 0 Å². The van der Waals surface area contributed by atoms with Gasteiger partial charge >= 0.3 is 0 Å². The van der Waals surface area contributed by atoms with Gasteiger partial charge in [0.2, 0.25) is 0 Å². The van der Waals surface area contributed by atoms with Crippen molar-refractivity contribution < 1.29 is 9.47 Å². The number of hydrogen-bond donors (Lipinski definition) is 0. The van der Waals surface area contributed by atoms with E-state index in [9.17, 15) is 0 Å². The number of para-hydroxylation sites is 2. The lowest BCUT2D eigenvalue weighted by atomic mass is 10.2. The predicted octanol–water partition coefficient (Wildman–Crippen LogP) is 7.51. The van der Waals surface area contributed by atoms with Gasteiger partial charge < -0.3 is 19.3 Å². The minimum Gasteiger partial charge on any atom is -0.449 e. The van der Waals surface area contributed by atoms with E-state index in [0.717, 1.165) is 52.3 Å². The normalized spacial score (nSPS) is 11.5. The van der Waals surface area contributed by atoms with Gasteiger partial charge in [-0.25, -0.2) is 0 Å². The quantitative estimate of drug-likeness (QED) is 0.300. The Morgan fingerprint density at radius 2 is 1.06 bits per heavy atom. The van der Waals surface area contributed by atoms with Crippen LogP contribution in [-0.2, 0) is 0 Å². The summed E-state index contributed by atoms with van der Waals surface area (Å²) in [6.45, 7) is 3.00. The SMILES string of the molecule is CCN(c1ccccc1)c1ccc2c(c1)Oc1ccc(N(C)c3ccccc3)cc1O2. The molecule has 4 nitrogen and oxygen atoms in total. The molecule has 0 saturated carbocycles. The van der Waals surface area contributed by atoms with Crippen LogP contribution in [0.3, 0.4) is 0 Å². The molecule has 0 saturated heterocycles. The molecule has 0 N–H and O–H groups in total. The summed E-state index contributed by atoms with van der Waals surface area (Å²) in [6, 6.07) is 32.7. The molecule has 0 spiro atoms. The number of anilines is 4. The number of fused-ring (bicyclic) bond motifs is 2. The highest BCUT2D eigenvalue weighted by atomic mass is 16.6. The molecule has 4 heteroatoms. The minimum atomic E-state index is 0.718. The highest BCUT2D eigenvalue weighted by molar-refractivity contribution is 5.70. The molecule has 4 aromatic carbocycles. The fraction of sp³-hybridized carbons (Fsp3) is 0.111. The van der Waals surface area contributed by atoms with E-state index in [2.05, 4.69) is 59.2 Å². The number of benzene rings is 4. The first-order valence-corrected chi connectivity index (χ1v) is 10.5. The van der Waals surface area contributed by atoms with E-state index < -0.39 is 0 Å². The third-order valence-electron chi connectivity index (χ3n) is 5.52. The first-order chi connectivity index (χ1) is 15.2. The Morgan fingerprint density at radius 3 is 1.65 bits per heavy atom. The van der Waals surface area contributed by atoms with Crippen LogP contribution in [0.1, 0.15) is 6.92 Å². The monoisotopic (exact) mass is 408 g/mol. The minimum absolute atomic E-state index is 0.718. The molecule has 1 aliphatic rings. The Bertz CT molecular complexity index is 1190. The lowest BCUT2D eigenvalue weighted by Gasteiger charge is -2.27. The van der Waals surface area contributed by atoms with Gasteiger partial charge in [0.1, 0.15) is 0 Å². The second-order valence-corrected chi connectivity index (χ2v) is 7.44. The smallest absolute Gasteiger partial charge is 0.172 e. The van der Waals surface area contributed by atoms with Crippen molar-refractivity contribution in [3.63, 3.8) is 0 Å². The fourth-order valence-electron chi connectivity index (χ4n) is 3.86. The van der Waals surface area contributed by atoms with Crippen LogP contribution in [0.4, 0.5) is 22.7 Å². The summed E-state index contributed by atoms with van der Waals surface area (Å²) in [5, 5.41) is 0. The molecule has 0 amide bonds. The van der Waals surface area contributed by atoms with Gasteiger partial charge in [-0.05, 0) is 55.5 Å². The van der Waals surface area contributed by atoms with Gasteiger partial charge in [-0.2, -0.15) is 0 Å². The molecule has 0 unspecified atom stereocenters. The summed E-state index contributed by atoms with van der Waals surface area (Å²) in [5.74, 6) is 2.89. The van der Waals surface area contributed by atoms with Crippen molar-refractivity contribution in [2.45, 2.75) is 6.92 Å². The highest BCUT2D eigenvalue weighted by Crippen LogP contribution is 2.48. The van der Waals surface area contributed by atoms with E-state index in [4.69, 9.17) is 9.47 Å². The summed E-state index contributed by atoms with van der Waals surface area (Å²) < 4.78 is 12.4. The lowest BCUT2D eigenvalue weighted by Crippen LogP contribution is -2.16. The molecule has 1 heterocycles. The molecule has 0 radical (unpaired) electrons. The van der Waals surface area contributed by atoms with Crippen molar-refractivity contribution in [3.8, 4) is 23.0 Å². The van der Waals surface area contributed by atoms with Crippen molar-refractivity contribution in [3.05, 3.63) is 97.1 Å². The van der Waals surface area contributed by atoms with Crippen LogP contribution in [0.25, 0.3) is 0 Å². The topological polar surface area (TPSA) is 24.9 Å². The Kier molecular flexibility index (Phi) is 4.97. The number of nitrogens with zero attached hydrogens (tertiary/aromatic N) is 2. The van der Waals surface area contributed by atoms with Gasteiger partial charge in [0.25, 0.3) is 0 Å². The highest BCUT2D eigenvalue weighted by Gasteiger charge is 2.21. The third-order valence-corrected chi connectivity index (χ3v) is 5.52. The average Bonchev–Trinajstić information content (AvgIpc) is 2.83. The molecular formula is C27H24N2O2. The lowest BCUT2D eigenvalue weighted by molar-refractivity contribution is 0.360. The number of rotatable bonds is 5. The molecule has 5 rings (SSSR count). The summed E-state index contributed by atoms with van der Waals surface area (Å²) in [7, 11) is 2.05. The molecule has 0 atom stereocenters. The van der Waals surface area contributed by atoms with E-state index in [1.165, 1.54) is 0 Å². The van der Waals surface area contributed by atoms with Gasteiger partial charge in [0, 0.05) is 48.5 Å². The van der Waals surface area contributed by atoms with Crippen LogP contribution in [0.15, 0.2) is 97.1 Å². The summed E-state index contributed by atoms with van der Waals surface area (Å²) in [6.07, 6.45) is 0. The summed E-state index contributed by atoms with van der Waals surface area (Å²) >= 11 is 0. The zero-order valence-corrected chi connectivity index (χ0v) is 17.7. The Hall–Kier alpha value is -3.92. The molecule has 1 aliphatic heterocycles. The molecule has 31 heavy (non-hydrogen) atoms. The number of ether oxygens (including phenoxy) is 2. The Morgan fingerprint density at radius 1 is 0.548 bits per heavy atom. The van der Waals surface area contributed by atoms with Crippen LogP contribution in [0.5, 0.6) is 23.0 Å². The van der Waals surface area contributed by atoms with Gasteiger partial charge in [-0.15, -0.1) is 0 Å². The Labute approximate surface area is 182 Å². The molecular weight excluding hydrogens is 384 g/mol. The zero-order valence-electron chi connectivity index (χ0n) is 17.7. The number of hydrogen-bond acceptors (Lipinski definition) is 4. The second kappa shape index (κ2) is 8.07. The predicted molar refractivity (Wildman–Crippen MR) is 127 cm³/mol.